The summed E-state index contributed by atoms with van der Waals surface area (Å²) in [6, 6.07) is 8.78. The number of methoxy groups -OCH3 is 2. The molecule has 262 valence electrons. The van der Waals surface area contributed by atoms with E-state index >= 15 is 0 Å². The van der Waals surface area contributed by atoms with Gasteiger partial charge in [-0.1, -0.05) is 57.9 Å². The summed E-state index contributed by atoms with van der Waals surface area (Å²) in [6.07, 6.45) is 6.39. The van der Waals surface area contributed by atoms with Gasteiger partial charge in [0.25, 0.3) is 5.91 Å². The van der Waals surface area contributed by atoms with E-state index in [1.54, 1.807) is 25.6 Å². The number of rotatable bonds is 18. The van der Waals surface area contributed by atoms with Crippen molar-refractivity contribution >= 4 is 23.2 Å². The summed E-state index contributed by atoms with van der Waals surface area (Å²) in [4.78, 5) is 34.8. The van der Waals surface area contributed by atoms with E-state index in [4.69, 9.17) is 18.9 Å². The SMILES string of the molecule is CCCCC(CC(=O)NCC(OC)OC)OCCc1cccc(CCN2CCC3(CC2)CN(C(=O)c2csc(C(C)C)n2)CCO3)c1. The fourth-order valence-electron chi connectivity index (χ4n) is 6.30. The molecule has 1 aromatic heterocycles. The summed E-state index contributed by atoms with van der Waals surface area (Å²) in [5, 5.41) is 5.80. The van der Waals surface area contributed by atoms with E-state index in [0.717, 1.165) is 69.6 Å². The van der Waals surface area contributed by atoms with Crippen LogP contribution in [-0.2, 0) is 36.6 Å². The minimum atomic E-state index is -0.449. The number of nitrogens with one attached hydrogen (secondary N) is 1. The molecule has 2 aliphatic heterocycles. The first-order chi connectivity index (χ1) is 22.7. The third kappa shape index (κ3) is 11.6. The number of carbonyl (C=O) groups excluding carboxylic acids is 2. The molecule has 1 aromatic carbocycles. The third-order valence-electron chi connectivity index (χ3n) is 9.27. The van der Waals surface area contributed by atoms with Crippen molar-refractivity contribution in [2.45, 2.75) is 96.1 Å². The van der Waals surface area contributed by atoms with Gasteiger partial charge in [-0.05, 0) is 43.2 Å². The van der Waals surface area contributed by atoms with Crippen LogP contribution in [0.4, 0.5) is 0 Å². The van der Waals surface area contributed by atoms with Gasteiger partial charge in [0.15, 0.2) is 6.29 Å². The van der Waals surface area contributed by atoms with Crippen molar-refractivity contribution in [2.24, 2.45) is 0 Å². The number of morpholine rings is 1. The number of hydrogen-bond donors (Lipinski definition) is 1. The summed E-state index contributed by atoms with van der Waals surface area (Å²) in [5.41, 5.74) is 2.89. The van der Waals surface area contributed by atoms with E-state index in [0.29, 0.717) is 50.9 Å². The van der Waals surface area contributed by atoms with Gasteiger partial charge >= 0.3 is 0 Å². The predicted octanol–water partition coefficient (Wildman–Crippen LogP) is 5.06. The lowest BCUT2D eigenvalue weighted by atomic mass is 9.89. The second-order valence-corrected chi connectivity index (χ2v) is 14.1. The predicted molar refractivity (Wildman–Crippen MR) is 185 cm³/mol. The lowest BCUT2D eigenvalue weighted by Crippen LogP contribution is -2.58. The molecule has 3 heterocycles. The first-order valence-corrected chi connectivity index (χ1v) is 18.2. The standard InChI is InChI=1S/C36H56N4O6S/c1-6-7-11-30(23-32(41)37-24-33(43-4)44-5)45-20-13-29-10-8-9-28(22-29)12-16-39-17-14-36(15-18-39)26-40(19-21-46-36)35(42)31-25-47-34(38-31)27(2)3/h8-10,22,25,27,30,33H,6-7,11-21,23-24,26H2,1-5H3,(H,37,41). The maximum atomic E-state index is 13.2. The Hall–Kier alpha value is -2.41. The molecule has 1 atom stereocenters. The van der Waals surface area contributed by atoms with Crippen LogP contribution in [0.3, 0.4) is 0 Å². The molecule has 0 bridgehead atoms. The van der Waals surface area contributed by atoms with E-state index in [9.17, 15) is 9.59 Å². The smallest absolute Gasteiger partial charge is 0.273 e. The second kappa shape index (κ2) is 19.0. The van der Waals surface area contributed by atoms with Gasteiger partial charge in [0.1, 0.15) is 5.69 Å². The maximum Gasteiger partial charge on any atom is 0.273 e. The highest BCUT2D eigenvalue weighted by Crippen LogP contribution is 2.31. The number of likely N-dealkylation sites (tertiary alicyclic amines) is 1. The van der Waals surface area contributed by atoms with E-state index < -0.39 is 6.29 Å². The van der Waals surface area contributed by atoms with Crippen LogP contribution >= 0.6 is 11.3 Å². The highest BCUT2D eigenvalue weighted by atomic mass is 32.1. The molecule has 4 rings (SSSR count). The van der Waals surface area contributed by atoms with Gasteiger partial charge in [-0.25, -0.2) is 4.98 Å². The van der Waals surface area contributed by atoms with Crippen molar-refractivity contribution in [1.82, 2.24) is 20.1 Å². The molecule has 2 aliphatic rings. The third-order valence-corrected chi connectivity index (χ3v) is 10.4. The molecular formula is C36H56N4O6S. The van der Waals surface area contributed by atoms with Crippen molar-refractivity contribution in [1.29, 1.82) is 0 Å². The number of amides is 2. The van der Waals surface area contributed by atoms with Gasteiger partial charge in [-0.3, -0.25) is 9.59 Å². The van der Waals surface area contributed by atoms with E-state index in [-0.39, 0.29) is 23.5 Å². The van der Waals surface area contributed by atoms with Gasteiger partial charge in [0.2, 0.25) is 5.91 Å². The number of benzene rings is 1. The monoisotopic (exact) mass is 672 g/mol. The summed E-state index contributed by atoms with van der Waals surface area (Å²) in [7, 11) is 3.12. The molecular weight excluding hydrogens is 616 g/mol. The fraction of sp³-hybridized carbons (Fsp3) is 0.694. The molecule has 2 fully saturated rings. The number of piperidine rings is 1. The topological polar surface area (TPSA) is 102 Å². The molecule has 0 aliphatic carbocycles. The van der Waals surface area contributed by atoms with Gasteiger partial charge in [-0.15, -0.1) is 11.3 Å². The number of aromatic nitrogens is 1. The van der Waals surface area contributed by atoms with Gasteiger partial charge < -0.3 is 34.1 Å². The minimum absolute atomic E-state index is 0.0316. The van der Waals surface area contributed by atoms with Crippen LogP contribution < -0.4 is 5.32 Å². The Morgan fingerprint density at radius 3 is 2.53 bits per heavy atom. The van der Waals surface area contributed by atoms with Crippen LogP contribution in [0.25, 0.3) is 0 Å². The maximum absolute atomic E-state index is 13.2. The van der Waals surface area contributed by atoms with Crippen LogP contribution in [0.1, 0.15) is 91.8 Å². The fourth-order valence-corrected chi connectivity index (χ4v) is 7.11. The first-order valence-electron chi connectivity index (χ1n) is 17.4. The Balaban J connectivity index is 1.19. The second-order valence-electron chi connectivity index (χ2n) is 13.2. The number of carbonyl (C=O) groups is 2. The Bertz CT molecular complexity index is 1240. The van der Waals surface area contributed by atoms with Crippen molar-refractivity contribution < 1.29 is 28.5 Å². The van der Waals surface area contributed by atoms with Gasteiger partial charge in [-0.2, -0.15) is 0 Å². The Morgan fingerprint density at radius 1 is 1.11 bits per heavy atom. The summed E-state index contributed by atoms with van der Waals surface area (Å²) in [5.74, 6) is 0.312. The molecule has 2 aromatic rings. The largest absolute Gasteiger partial charge is 0.377 e. The van der Waals surface area contributed by atoms with Crippen LogP contribution in [-0.4, -0.2) is 111 Å². The molecule has 0 radical (unpaired) electrons. The number of unbranched alkanes of at least 4 members (excludes halogenated alkanes) is 1. The lowest BCUT2D eigenvalue weighted by Gasteiger charge is -2.47. The molecule has 0 saturated carbocycles. The highest BCUT2D eigenvalue weighted by molar-refractivity contribution is 7.09. The molecule has 2 saturated heterocycles. The zero-order valence-electron chi connectivity index (χ0n) is 29.1. The van der Waals surface area contributed by atoms with Gasteiger partial charge in [0.05, 0.1) is 49.4 Å². The zero-order chi connectivity index (χ0) is 33.6. The van der Waals surface area contributed by atoms with Crippen LogP contribution in [0.15, 0.2) is 29.6 Å². The Labute approximate surface area is 285 Å². The lowest BCUT2D eigenvalue weighted by molar-refractivity contribution is -0.130. The van der Waals surface area contributed by atoms with Crippen molar-refractivity contribution in [3.05, 3.63) is 51.5 Å². The van der Waals surface area contributed by atoms with Crippen molar-refractivity contribution in [2.75, 3.05) is 66.7 Å². The molecule has 2 amide bonds. The molecule has 10 nitrogen and oxygen atoms in total. The zero-order valence-corrected chi connectivity index (χ0v) is 29.9. The van der Waals surface area contributed by atoms with Crippen molar-refractivity contribution in [3.63, 3.8) is 0 Å². The average Bonchev–Trinajstić information content (AvgIpc) is 3.58. The number of hydrogen-bond acceptors (Lipinski definition) is 9. The highest BCUT2D eigenvalue weighted by Gasteiger charge is 2.41. The molecule has 1 N–H and O–H groups in total. The Kier molecular flexibility index (Phi) is 15.1. The number of nitrogens with zero attached hydrogens (tertiary/aromatic N) is 3. The molecule has 11 heteroatoms. The average molecular weight is 673 g/mol. The molecule has 1 unspecified atom stereocenters. The minimum Gasteiger partial charge on any atom is -0.377 e. The van der Waals surface area contributed by atoms with E-state index in [1.165, 1.54) is 11.1 Å². The summed E-state index contributed by atoms with van der Waals surface area (Å²) >= 11 is 1.57. The summed E-state index contributed by atoms with van der Waals surface area (Å²) < 4.78 is 22.9. The Morgan fingerprint density at radius 2 is 1.85 bits per heavy atom. The van der Waals surface area contributed by atoms with Gasteiger partial charge in [0, 0.05) is 51.7 Å². The van der Waals surface area contributed by atoms with E-state index in [1.807, 2.05) is 10.3 Å². The first kappa shape index (κ1) is 37.4. The van der Waals surface area contributed by atoms with Crippen LogP contribution in [0, 0.1) is 0 Å². The summed E-state index contributed by atoms with van der Waals surface area (Å²) in [6.45, 7) is 12.0. The molecule has 47 heavy (non-hydrogen) atoms. The van der Waals surface area contributed by atoms with Crippen molar-refractivity contribution in [3.8, 4) is 0 Å². The molecule has 1 spiro atoms. The number of thiazole rings is 1. The normalized spacial score (nSPS) is 17.5. The van der Waals surface area contributed by atoms with E-state index in [2.05, 4.69) is 60.2 Å². The quantitative estimate of drug-likeness (QED) is 0.220. The van der Waals surface area contributed by atoms with Crippen LogP contribution in [0.2, 0.25) is 0 Å². The van der Waals surface area contributed by atoms with Crippen LogP contribution in [0.5, 0.6) is 0 Å². The number of ether oxygens (including phenoxy) is 4.